The lowest BCUT2D eigenvalue weighted by Crippen LogP contribution is -2.59. The van der Waals surface area contributed by atoms with Gasteiger partial charge in [-0.05, 0) is 30.5 Å². The summed E-state index contributed by atoms with van der Waals surface area (Å²) >= 11 is 0. The van der Waals surface area contributed by atoms with E-state index in [-0.39, 0.29) is 12.2 Å². The summed E-state index contributed by atoms with van der Waals surface area (Å²) in [6.45, 7) is 4.13. The number of rotatable bonds is 10. The molecule has 0 bridgehead atoms. The number of hydrogen-bond acceptors (Lipinski definition) is 7. The fraction of sp³-hybridized carbons (Fsp3) is 0.464. The van der Waals surface area contributed by atoms with Gasteiger partial charge in [0.05, 0.1) is 12.3 Å². The minimum absolute atomic E-state index is 0.329. The summed E-state index contributed by atoms with van der Waals surface area (Å²) in [5.74, 6) is 0. The average molecular weight is 592 g/mol. The zero-order valence-electron chi connectivity index (χ0n) is 22.6. The van der Waals surface area contributed by atoms with Crippen LogP contribution in [-0.4, -0.2) is 75.2 Å². The molecule has 13 heteroatoms. The van der Waals surface area contributed by atoms with E-state index >= 15 is 0 Å². The van der Waals surface area contributed by atoms with E-state index in [0.29, 0.717) is 35.4 Å². The normalized spacial score (nSPS) is 24.3. The van der Waals surface area contributed by atoms with Crippen LogP contribution in [0.2, 0.25) is 0 Å². The summed E-state index contributed by atoms with van der Waals surface area (Å²) in [4.78, 5) is 5.56. The van der Waals surface area contributed by atoms with Crippen LogP contribution in [0.1, 0.15) is 36.1 Å². The van der Waals surface area contributed by atoms with Gasteiger partial charge >= 0.3 is 12.4 Å². The average Bonchev–Trinajstić information content (AvgIpc) is 2.91. The number of ether oxygens (including phenoxy) is 4. The Morgan fingerprint density at radius 3 is 1.76 bits per heavy atom. The van der Waals surface area contributed by atoms with Gasteiger partial charge in [-0.2, -0.15) is 26.3 Å². The van der Waals surface area contributed by atoms with E-state index < -0.39 is 42.0 Å². The van der Waals surface area contributed by atoms with Gasteiger partial charge in [-0.15, -0.1) is 0 Å². The maximum absolute atomic E-state index is 13.1. The molecule has 41 heavy (non-hydrogen) atoms. The molecule has 5 atom stereocenters. The van der Waals surface area contributed by atoms with Crippen molar-refractivity contribution in [1.29, 1.82) is 0 Å². The number of oxime groups is 1. The summed E-state index contributed by atoms with van der Waals surface area (Å²) in [7, 11) is 3.07. The Kier molecular flexibility index (Phi) is 10.6. The van der Waals surface area contributed by atoms with Crippen molar-refractivity contribution in [3.63, 3.8) is 0 Å². The van der Waals surface area contributed by atoms with E-state index in [2.05, 4.69) is 5.16 Å². The molecular formula is C28H31F6NO6. The van der Waals surface area contributed by atoms with Crippen LogP contribution in [0.4, 0.5) is 26.3 Å². The van der Waals surface area contributed by atoms with Crippen LogP contribution in [0.15, 0.2) is 53.7 Å². The minimum Gasteiger partial charge on any atom is -0.376 e. The van der Waals surface area contributed by atoms with Gasteiger partial charge in [0.1, 0.15) is 12.2 Å². The van der Waals surface area contributed by atoms with Gasteiger partial charge in [-0.1, -0.05) is 65.8 Å². The third kappa shape index (κ3) is 7.28. The molecule has 226 valence electrons. The summed E-state index contributed by atoms with van der Waals surface area (Å²) in [6.07, 6.45) is -9.85. The smallest absolute Gasteiger partial charge is 0.376 e. The maximum Gasteiger partial charge on any atom is 0.430 e. The van der Waals surface area contributed by atoms with Crippen molar-refractivity contribution in [2.75, 3.05) is 20.8 Å². The van der Waals surface area contributed by atoms with Gasteiger partial charge in [-0.3, -0.25) is 0 Å². The summed E-state index contributed by atoms with van der Waals surface area (Å²) < 4.78 is 101. The van der Waals surface area contributed by atoms with Crippen LogP contribution in [0.3, 0.4) is 0 Å². The fourth-order valence-electron chi connectivity index (χ4n) is 4.37. The first-order valence-electron chi connectivity index (χ1n) is 12.5. The molecular weight excluding hydrogens is 560 g/mol. The second-order valence-electron chi connectivity index (χ2n) is 9.20. The molecule has 0 radical (unpaired) electrons. The molecule has 0 aliphatic carbocycles. The van der Waals surface area contributed by atoms with E-state index in [9.17, 15) is 31.4 Å². The molecule has 0 spiro atoms. The Morgan fingerprint density at radius 1 is 0.805 bits per heavy atom. The Morgan fingerprint density at radius 2 is 1.29 bits per heavy atom. The van der Waals surface area contributed by atoms with E-state index in [1.807, 2.05) is 13.8 Å². The lowest BCUT2D eigenvalue weighted by molar-refractivity contribution is -0.376. The molecule has 2 aromatic rings. The first-order chi connectivity index (χ1) is 19.3. The molecule has 0 saturated carbocycles. The minimum atomic E-state index is -5.94. The van der Waals surface area contributed by atoms with Gasteiger partial charge in [0.15, 0.2) is 6.10 Å². The second kappa shape index (κ2) is 13.3. The van der Waals surface area contributed by atoms with Gasteiger partial charge < -0.3 is 28.9 Å². The number of hydrogen-bond donors (Lipinski definition) is 1. The van der Waals surface area contributed by atoms with Gasteiger partial charge in [0, 0.05) is 26.4 Å². The zero-order valence-corrected chi connectivity index (χ0v) is 22.6. The van der Waals surface area contributed by atoms with Crippen molar-refractivity contribution in [2.24, 2.45) is 5.16 Å². The SMILES string of the molecule is CCO[C@@H]1[C@H](OC)[C@H](ON=Cc2ccc(C=Cc3ccc(C(O)(C(F)(F)F)C(F)(F)F)cc3)cc2)O[C@@H](C)[C@@H]1OC. The van der Waals surface area contributed by atoms with Crippen molar-refractivity contribution < 1.29 is 55.2 Å². The molecule has 0 amide bonds. The Hall–Kier alpha value is -2.97. The predicted molar refractivity (Wildman–Crippen MR) is 138 cm³/mol. The molecule has 1 aliphatic heterocycles. The van der Waals surface area contributed by atoms with Gasteiger partial charge in [-0.25, -0.2) is 0 Å². The quantitative estimate of drug-likeness (QED) is 0.165. The van der Waals surface area contributed by atoms with E-state index in [1.165, 1.54) is 19.4 Å². The molecule has 7 nitrogen and oxygen atoms in total. The molecule has 1 N–H and O–H groups in total. The van der Waals surface area contributed by atoms with Crippen molar-refractivity contribution >= 4 is 18.4 Å². The third-order valence-corrected chi connectivity index (χ3v) is 6.55. The van der Waals surface area contributed by atoms with Crippen LogP contribution in [0.5, 0.6) is 0 Å². The molecule has 3 rings (SSSR count). The molecule has 1 saturated heterocycles. The monoisotopic (exact) mass is 591 g/mol. The molecule has 1 aliphatic rings. The number of methoxy groups -OCH3 is 2. The summed E-state index contributed by atoms with van der Waals surface area (Å²) in [5, 5.41) is 13.5. The Balaban J connectivity index is 1.64. The summed E-state index contributed by atoms with van der Waals surface area (Å²) in [5.41, 5.74) is -4.58. The van der Waals surface area contributed by atoms with Crippen LogP contribution in [-0.2, 0) is 29.4 Å². The van der Waals surface area contributed by atoms with Crippen LogP contribution < -0.4 is 0 Å². The standard InChI is InChI=1S/C28H31F6NO6/c1-5-39-23-22(37-3)17(2)40-25(24(23)38-4)41-35-16-20-10-8-18(9-11-20)6-7-19-12-14-21(15-13-19)26(36,27(29,30)31)28(32,33)34/h6-17,22-25,36H,5H2,1-4H3/t17-,22-,23-,24-,25-/m0/s1. The molecule has 2 aromatic carbocycles. The zero-order chi connectivity index (χ0) is 30.4. The van der Waals surface area contributed by atoms with Crippen molar-refractivity contribution in [3.8, 4) is 0 Å². The van der Waals surface area contributed by atoms with Crippen molar-refractivity contribution in [2.45, 2.75) is 62.5 Å². The van der Waals surface area contributed by atoms with Crippen LogP contribution in [0, 0.1) is 0 Å². The Labute approximate surface area is 233 Å². The number of halogens is 6. The maximum atomic E-state index is 13.1. The first kappa shape index (κ1) is 32.5. The number of nitrogens with zero attached hydrogens (tertiary/aromatic N) is 1. The number of aliphatic hydroxyl groups is 1. The largest absolute Gasteiger partial charge is 0.430 e. The number of alkyl halides is 6. The van der Waals surface area contributed by atoms with Gasteiger partial charge in [0.25, 0.3) is 11.9 Å². The van der Waals surface area contributed by atoms with Crippen LogP contribution in [0.25, 0.3) is 12.2 Å². The lowest BCUT2D eigenvalue weighted by atomic mass is 9.91. The molecule has 1 fully saturated rings. The Bertz CT molecular complexity index is 1150. The highest BCUT2D eigenvalue weighted by Crippen LogP contribution is 2.50. The van der Waals surface area contributed by atoms with Crippen LogP contribution >= 0.6 is 0 Å². The van der Waals surface area contributed by atoms with Crippen molar-refractivity contribution in [1.82, 2.24) is 0 Å². The number of benzene rings is 2. The molecule has 0 aromatic heterocycles. The van der Waals surface area contributed by atoms with E-state index in [4.69, 9.17) is 23.8 Å². The lowest BCUT2D eigenvalue weighted by Gasteiger charge is -2.42. The summed E-state index contributed by atoms with van der Waals surface area (Å²) in [6, 6.07) is 10.2. The fourth-order valence-corrected chi connectivity index (χ4v) is 4.37. The highest BCUT2D eigenvalue weighted by Gasteiger charge is 2.71. The van der Waals surface area contributed by atoms with E-state index in [0.717, 1.165) is 12.1 Å². The van der Waals surface area contributed by atoms with Gasteiger partial charge in [0.2, 0.25) is 0 Å². The highest BCUT2D eigenvalue weighted by molar-refractivity contribution is 5.80. The first-order valence-corrected chi connectivity index (χ1v) is 12.5. The topological polar surface area (TPSA) is 78.7 Å². The highest BCUT2D eigenvalue weighted by atomic mass is 19.4. The second-order valence-corrected chi connectivity index (χ2v) is 9.20. The van der Waals surface area contributed by atoms with Crippen molar-refractivity contribution in [3.05, 3.63) is 70.8 Å². The molecule has 1 heterocycles. The van der Waals surface area contributed by atoms with E-state index in [1.54, 1.807) is 37.5 Å². The third-order valence-electron chi connectivity index (χ3n) is 6.55. The predicted octanol–water partition coefficient (Wildman–Crippen LogP) is 5.70. The molecule has 0 unspecified atom stereocenters.